The Hall–Kier alpha value is -1.17. The van der Waals surface area contributed by atoms with Crippen LogP contribution in [0.5, 0.6) is 0 Å². The van der Waals surface area contributed by atoms with Crippen molar-refractivity contribution in [3.63, 3.8) is 0 Å². The average molecular weight is 177 g/mol. The van der Waals surface area contributed by atoms with Gasteiger partial charge in [0, 0.05) is 11.3 Å². The summed E-state index contributed by atoms with van der Waals surface area (Å²) >= 11 is 0. The summed E-state index contributed by atoms with van der Waals surface area (Å²) in [6.45, 7) is -0.531. The number of ether oxygens (including phenoxy) is 1. The highest BCUT2D eigenvalue weighted by Crippen LogP contribution is 1.98. The van der Waals surface area contributed by atoms with Crippen LogP contribution in [0.1, 0.15) is 12.8 Å². The number of nitrogens with zero attached hydrogens (tertiary/aromatic N) is 1. The number of hydrogen-bond donors (Lipinski definition) is 1. The first kappa shape index (κ1) is 10.8. The van der Waals surface area contributed by atoms with Crippen LogP contribution in [0.3, 0.4) is 0 Å². The van der Waals surface area contributed by atoms with Gasteiger partial charge in [0.1, 0.15) is 6.10 Å². The SMILES string of the molecule is COC(=O)CC[C@H](O)C[N+](=O)[O-]. The summed E-state index contributed by atoms with van der Waals surface area (Å²) in [4.78, 5) is 19.7. The topological polar surface area (TPSA) is 89.7 Å². The molecule has 0 aromatic carbocycles. The van der Waals surface area contributed by atoms with E-state index in [-0.39, 0.29) is 12.8 Å². The molecule has 0 saturated carbocycles. The zero-order chi connectivity index (χ0) is 9.56. The van der Waals surface area contributed by atoms with Crippen molar-refractivity contribution in [2.24, 2.45) is 0 Å². The molecule has 0 aliphatic rings. The molecule has 0 bridgehead atoms. The van der Waals surface area contributed by atoms with Crippen LogP contribution in [0.15, 0.2) is 0 Å². The highest BCUT2D eigenvalue weighted by Gasteiger charge is 2.13. The number of rotatable bonds is 5. The van der Waals surface area contributed by atoms with Gasteiger partial charge in [0.2, 0.25) is 6.54 Å². The van der Waals surface area contributed by atoms with Gasteiger partial charge in [-0.15, -0.1) is 0 Å². The summed E-state index contributed by atoms with van der Waals surface area (Å²) in [5.41, 5.74) is 0. The second-order valence-electron chi connectivity index (χ2n) is 2.28. The summed E-state index contributed by atoms with van der Waals surface area (Å²) in [5.74, 6) is -0.475. The Kier molecular flexibility index (Phi) is 4.94. The first-order valence-electron chi connectivity index (χ1n) is 3.43. The van der Waals surface area contributed by atoms with Gasteiger partial charge in [0.05, 0.1) is 7.11 Å². The van der Waals surface area contributed by atoms with Gasteiger partial charge in [0.25, 0.3) is 0 Å². The third kappa shape index (κ3) is 5.60. The molecule has 6 heteroatoms. The van der Waals surface area contributed by atoms with Crippen LogP contribution >= 0.6 is 0 Å². The third-order valence-electron chi connectivity index (χ3n) is 1.27. The standard InChI is InChI=1S/C6H11NO5/c1-12-6(9)3-2-5(8)4-7(10)11/h5,8H,2-4H2,1H3/t5-/m0/s1. The number of methoxy groups -OCH3 is 1. The fourth-order valence-corrected chi connectivity index (χ4v) is 0.650. The van der Waals surface area contributed by atoms with E-state index in [1.807, 2.05) is 0 Å². The predicted octanol–water partition coefficient (Wildman–Crippen LogP) is -0.423. The van der Waals surface area contributed by atoms with Crippen molar-refractivity contribution in [1.82, 2.24) is 0 Å². The molecule has 0 aliphatic carbocycles. The molecule has 0 aromatic heterocycles. The van der Waals surface area contributed by atoms with E-state index < -0.39 is 23.5 Å². The van der Waals surface area contributed by atoms with Gasteiger partial charge in [-0.25, -0.2) is 0 Å². The molecular weight excluding hydrogens is 166 g/mol. The maximum atomic E-state index is 10.5. The van der Waals surface area contributed by atoms with Gasteiger partial charge in [-0.05, 0) is 6.42 Å². The van der Waals surface area contributed by atoms with Gasteiger partial charge in [-0.2, -0.15) is 0 Å². The number of carbonyl (C=O) groups excluding carboxylic acids is 1. The lowest BCUT2D eigenvalue weighted by Crippen LogP contribution is -2.20. The minimum Gasteiger partial charge on any atom is -0.469 e. The van der Waals surface area contributed by atoms with Crippen molar-refractivity contribution in [2.75, 3.05) is 13.7 Å². The van der Waals surface area contributed by atoms with Crippen LogP contribution in [0, 0.1) is 10.1 Å². The van der Waals surface area contributed by atoms with E-state index in [1.165, 1.54) is 7.11 Å². The minimum atomic E-state index is -1.07. The molecule has 1 atom stereocenters. The molecule has 0 unspecified atom stereocenters. The fourth-order valence-electron chi connectivity index (χ4n) is 0.650. The van der Waals surface area contributed by atoms with Gasteiger partial charge >= 0.3 is 5.97 Å². The molecule has 0 rings (SSSR count). The van der Waals surface area contributed by atoms with Crippen molar-refractivity contribution in [3.8, 4) is 0 Å². The molecule has 0 heterocycles. The van der Waals surface area contributed by atoms with Crippen LogP contribution in [0.25, 0.3) is 0 Å². The van der Waals surface area contributed by atoms with Crippen molar-refractivity contribution in [1.29, 1.82) is 0 Å². The molecule has 70 valence electrons. The van der Waals surface area contributed by atoms with Crippen LogP contribution in [0.2, 0.25) is 0 Å². The number of nitro groups is 1. The number of aliphatic hydroxyl groups is 1. The predicted molar refractivity (Wildman–Crippen MR) is 39.1 cm³/mol. The third-order valence-corrected chi connectivity index (χ3v) is 1.27. The van der Waals surface area contributed by atoms with Crippen LogP contribution in [-0.2, 0) is 9.53 Å². The monoisotopic (exact) mass is 177 g/mol. The Morgan fingerprint density at radius 1 is 1.75 bits per heavy atom. The number of esters is 1. The average Bonchev–Trinajstić information content (AvgIpc) is 1.99. The Labute approximate surface area is 69.3 Å². The van der Waals surface area contributed by atoms with Gasteiger partial charge in [-0.3, -0.25) is 14.9 Å². The van der Waals surface area contributed by atoms with E-state index in [1.54, 1.807) is 0 Å². The zero-order valence-electron chi connectivity index (χ0n) is 6.73. The van der Waals surface area contributed by atoms with Crippen molar-refractivity contribution >= 4 is 5.97 Å². The van der Waals surface area contributed by atoms with Crippen LogP contribution in [0.4, 0.5) is 0 Å². The summed E-state index contributed by atoms with van der Waals surface area (Å²) in [5, 5.41) is 18.8. The van der Waals surface area contributed by atoms with Crippen LogP contribution in [-0.4, -0.2) is 35.8 Å². The highest BCUT2D eigenvalue weighted by atomic mass is 16.6. The van der Waals surface area contributed by atoms with E-state index in [9.17, 15) is 14.9 Å². The van der Waals surface area contributed by atoms with Crippen molar-refractivity contribution in [2.45, 2.75) is 18.9 Å². The summed E-state index contributed by atoms with van der Waals surface area (Å²) in [7, 11) is 1.22. The van der Waals surface area contributed by atoms with Crippen molar-refractivity contribution < 1.29 is 19.6 Å². The highest BCUT2D eigenvalue weighted by molar-refractivity contribution is 5.69. The normalized spacial score (nSPS) is 12.2. The smallest absolute Gasteiger partial charge is 0.305 e. The van der Waals surface area contributed by atoms with E-state index in [0.717, 1.165) is 0 Å². The fraction of sp³-hybridized carbons (Fsp3) is 0.833. The summed E-state index contributed by atoms with van der Waals surface area (Å²) in [6.07, 6.45) is -1.00. The first-order chi connectivity index (χ1) is 5.56. The summed E-state index contributed by atoms with van der Waals surface area (Å²) < 4.78 is 4.29. The molecule has 0 spiro atoms. The molecule has 0 fully saturated rings. The largest absolute Gasteiger partial charge is 0.469 e. The van der Waals surface area contributed by atoms with Gasteiger partial charge in [0.15, 0.2) is 0 Å². The summed E-state index contributed by atoms with van der Waals surface area (Å²) in [6, 6.07) is 0. The molecule has 0 radical (unpaired) electrons. The van der Waals surface area contributed by atoms with E-state index >= 15 is 0 Å². The number of aliphatic hydroxyl groups excluding tert-OH is 1. The molecule has 0 saturated heterocycles. The second-order valence-corrected chi connectivity index (χ2v) is 2.28. The first-order valence-corrected chi connectivity index (χ1v) is 3.43. The van der Waals surface area contributed by atoms with E-state index in [4.69, 9.17) is 5.11 Å². The Morgan fingerprint density at radius 2 is 2.33 bits per heavy atom. The lowest BCUT2D eigenvalue weighted by atomic mass is 10.2. The quantitative estimate of drug-likeness (QED) is 0.350. The lowest BCUT2D eigenvalue weighted by molar-refractivity contribution is -0.490. The molecule has 0 aliphatic heterocycles. The van der Waals surface area contributed by atoms with Crippen molar-refractivity contribution in [3.05, 3.63) is 10.1 Å². The maximum Gasteiger partial charge on any atom is 0.305 e. The number of carbonyl (C=O) groups is 1. The lowest BCUT2D eigenvalue weighted by Gasteiger charge is -2.03. The molecule has 6 nitrogen and oxygen atoms in total. The molecule has 12 heavy (non-hydrogen) atoms. The van der Waals surface area contributed by atoms with E-state index in [0.29, 0.717) is 0 Å². The number of hydrogen-bond acceptors (Lipinski definition) is 5. The minimum absolute atomic E-state index is 0.00546. The van der Waals surface area contributed by atoms with Gasteiger partial charge in [-0.1, -0.05) is 0 Å². The second kappa shape index (κ2) is 5.48. The van der Waals surface area contributed by atoms with Crippen LogP contribution < -0.4 is 0 Å². The Morgan fingerprint density at radius 3 is 2.75 bits per heavy atom. The molecule has 0 amide bonds. The van der Waals surface area contributed by atoms with E-state index in [2.05, 4.69) is 4.74 Å². The maximum absolute atomic E-state index is 10.5. The molecule has 0 aromatic rings. The Balaban J connectivity index is 3.50. The molecular formula is C6H11NO5. The zero-order valence-corrected chi connectivity index (χ0v) is 6.73. The molecule has 1 N–H and O–H groups in total. The Bertz CT molecular complexity index is 169. The van der Waals surface area contributed by atoms with Gasteiger partial charge < -0.3 is 9.84 Å².